The van der Waals surface area contributed by atoms with Crippen molar-refractivity contribution in [2.24, 2.45) is 0 Å². The minimum absolute atomic E-state index is 0.114. The number of morpholine rings is 1. The third kappa shape index (κ3) is 5.82. The Morgan fingerprint density at radius 3 is 2.65 bits per heavy atom. The number of halogens is 3. The molecule has 0 bridgehead atoms. The number of nitrogen functional groups attached to an aromatic ring is 1. The fourth-order valence-corrected chi connectivity index (χ4v) is 4.51. The molecule has 11 heteroatoms. The summed E-state index contributed by atoms with van der Waals surface area (Å²) in [6, 6.07) is 8.25. The van der Waals surface area contributed by atoms with Crippen LogP contribution >= 0.6 is 11.6 Å². The lowest BCUT2D eigenvalue weighted by atomic mass is 9.96. The molecule has 3 N–H and O–H groups in total. The quantitative estimate of drug-likeness (QED) is 0.661. The number of hydrogen-bond donors (Lipinski definition) is 2. The summed E-state index contributed by atoms with van der Waals surface area (Å²) in [5, 5.41) is 7.51. The number of anilines is 2. The molecule has 2 unspecified atom stereocenters. The second kappa shape index (κ2) is 10.1. The van der Waals surface area contributed by atoms with Crippen LogP contribution in [0, 0.1) is 0 Å². The molecular formula is C20H27ClF2N6O2. The molecule has 0 amide bonds. The number of piperidine rings is 1. The molecule has 170 valence electrons. The Morgan fingerprint density at radius 2 is 2.00 bits per heavy atom. The van der Waals surface area contributed by atoms with E-state index in [1.165, 1.54) is 5.56 Å². The van der Waals surface area contributed by atoms with Crippen molar-refractivity contribution in [1.82, 2.24) is 20.1 Å². The largest absolute Gasteiger partial charge is 0.373 e. The van der Waals surface area contributed by atoms with Crippen LogP contribution in [0.3, 0.4) is 0 Å². The number of nitrogens with two attached hydrogens (primary N) is 1. The number of benzene rings is 1. The fraction of sp³-hybridized carbons (Fsp3) is 0.600. The van der Waals surface area contributed by atoms with Crippen LogP contribution in [-0.4, -0.2) is 77.7 Å². The van der Waals surface area contributed by atoms with Crippen molar-refractivity contribution in [3.63, 3.8) is 0 Å². The van der Waals surface area contributed by atoms with E-state index in [-0.39, 0.29) is 18.8 Å². The molecule has 8 nitrogen and oxygen atoms in total. The van der Waals surface area contributed by atoms with Gasteiger partial charge in [0.2, 0.25) is 11.9 Å². The van der Waals surface area contributed by atoms with Crippen molar-refractivity contribution in [2.75, 3.05) is 43.5 Å². The van der Waals surface area contributed by atoms with E-state index in [0.29, 0.717) is 36.1 Å². The first kappa shape index (κ1) is 22.2. The summed E-state index contributed by atoms with van der Waals surface area (Å²) in [6.45, 7) is -0.283. The first-order valence-corrected chi connectivity index (χ1v) is 10.8. The van der Waals surface area contributed by atoms with E-state index in [0.717, 1.165) is 32.4 Å². The molecule has 2 atom stereocenters. The van der Waals surface area contributed by atoms with Crippen LogP contribution in [0.15, 0.2) is 24.3 Å². The second-order valence-electron chi connectivity index (χ2n) is 7.97. The molecule has 2 aromatic rings. The van der Waals surface area contributed by atoms with E-state index in [2.05, 4.69) is 29.7 Å². The zero-order chi connectivity index (χ0) is 21.8. The maximum atomic E-state index is 12.5. The molecular weight excluding hydrogens is 430 g/mol. The zero-order valence-corrected chi connectivity index (χ0v) is 17.8. The van der Waals surface area contributed by atoms with E-state index in [1.54, 1.807) is 0 Å². The van der Waals surface area contributed by atoms with Gasteiger partial charge in [0.25, 0.3) is 0 Å². The highest BCUT2D eigenvalue weighted by atomic mass is 35.5. The number of alkyl halides is 2. The standard InChI is InChI=1S/C20H27ClF2N6O2/c21-14-3-1-13(2-4-14)9-16-11-30-17(12-31-18(22)23)10-29(16)15-5-7-28(8-6-15)20-25-19(24)26-27-20/h1-4,15-18H,5-12H2,(H3,24,25,26,27). The van der Waals surface area contributed by atoms with Crippen molar-refractivity contribution in [3.05, 3.63) is 34.9 Å². The molecule has 0 radical (unpaired) electrons. The topological polar surface area (TPSA) is 92.5 Å². The fourth-order valence-electron chi connectivity index (χ4n) is 4.38. The van der Waals surface area contributed by atoms with Gasteiger partial charge in [0.15, 0.2) is 0 Å². The number of aromatic nitrogens is 3. The van der Waals surface area contributed by atoms with Crippen LogP contribution in [-0.2, 0) is 15.9 Å². The molecule has 2 aliphatic rings. The van der Waals surface area contributed by atoms with Gasteiger partial charge in [-0.3, -0.25) is 4.90 Å². The minimum Gasteiger partial charge on any atom is -0.373 e. The molecule has 0 spiro atoms. The summed E-state index contributed by atoms with van der Waals surface area (Å²) in [6.07, 6.45) is 2.25. The molecule has 4 rings (SSSR count). The number of nitrogens with zero attached hydrogens (tertiary/aromatic N) is 4. The van der Waals surface area contributed by atoms with Crippen LogP contribution in [0.4, 0.5) is 20.7 Å². The summed E-state index contributed by atoms with van der Waals surface area (Å²) in [5.74, 6) is 0.911. The highest BCUT2D eigenvalue weighted by Crippen LogP contribution is 2.27. The third-order valence-corrected chi connectivity index (χ3v) is 6.16. The van der Waals surface area contributed by atoms with Gasteiger partial charge in [-0.05, 0) is 37.0 Å². The van der Waals surface area contributed by atoms with Gasteiger partial charge in [0.05, 0.1) is 19.3 Å². The lowest BCUT2D eigenvalue weighted by Crippen LogP contribution is -2.58. The Labute approximate surface area is 184 Å². The van der Waals surface area contributed by atoms with Crippen molar-refractivity contribution in [2.45, 2.75) is 44.1 Å². The van der Waals surface area contributed by atoms with Crippen LogP contribution in [0.25, 0.3) is 0 Å². The maximum absolute atomic E-state index is 12.5. The number of hydrogen-bond acceptors (Lipinski definition) is 7. The van der Waals surface area contributed by atoms with Gasteiger partial charge in [-0.2, -0.15) is 13.8 Å². The molecule has 1 aromatic heterocycles. The van der Waals surface area contributed by atoms with Crippen LogP contribution in [0.1, 0.15) is 18.4 Å². The highest BCUT2D eigenvalue weighted by molar-refractivity contribution is 6.30. The third-order valence-electron chi connectivity index (χ3n) is 5.91. The summed E-state index contributed by atoms with van der Waals surface area (Å²) >= 11 is 6.01. The normalized spacial score (nSPS) is 23.5. The first-order valence-electron chi connectivity index (χ1n) is 10.4. The van der Waals surface area contributed by atoms with Gasteiger partial charge in [-0.25, -0.2) is 5.10 Å². The highest BCUT2D eigenvalue weighted by Gasteiger charge is 2.36. The molecule has 2 aliphatic heterocycles. The maximum Gasteiger partial charge on any atom is 0.345 e. The lowest BCUT2D eigenvalue weighted by Gasteiger charge is -2.46. The molecule has 3 heterocycles. The molecule has 2 saturated heterocycles. The van der Waals surface area contributed by atoms with Crippen LogP contribution in [0.5, 0.6) is 0 Å². The molecule has 31 heavy (non-hydrogen) atoms. The van der Waals surface area contributed by atoms with Gasteiger partial charge in [0, 0.05) is 36.7 Å². The van der Waals surface area contributed by atoms with Gasteiger partial charge in [0.1, 0.15) is 0 Å². The van der Waals surface area contributed by atoms with Crippen molar-refractivity contribution in [1.29, 1.82) is 0 Å². The Morgan fingerprint density at radius 1 is 1.26 bits per heavy atom. The van der Waals surface area contributed by atoms with E-state index in [1.807, 2.05) is 24.3 Å². The number of nitrogens with one attached hydrogen (secondary N) is 1. The van der Waals surface area contributed by atoms with E-state index in [4.69, 9.17) is 22.1 Å². The summed E-state index contributed by atoms with van der Waals surface area (Å²) in [7, 11) is 0. The number of ether oxygens (including phenoxy) is 2. The Bertz CT molecular complexity index is 831. The number of aromatic amines is 1. The average Bonchev–Trinajstić information content (AvgIpc) is 3.21. The second-order valence-corrected chi connectivity index (χ2v) is 8.41. The Kier molecular flexibility index (Phi) is 7.21. The van der Waals surface area contributed by atoms with E-state index < -0.39 is 6.61 Å². The van der Waals surface area contributed by atoms with Gasteiger partial charge < -0.3 is 20.1 Å². The predicted octanol–water partition coefficient (Wildman–Crippen LogP) is 2.56. The SMILES string of the molecule is Nc1nc(N2CCC(N3CC(COC(F)F)OCC3Cc3ccc(Cl)cc3)CC2)n[nH]1. The molecule has 2 fully saturated rings. The van der Waals surface area contributed by atoms with Crippen LogP contribution < -0.4 is 10.6 Å². The lowest BCUT2D eigenvalue weighted by molar-refractivity contribution is -0.174. The van der Waals surface area contributed by atoms with Crippen molar-refractivity contribution < 1.29 is 18.3 Å². The summed E-state index contributed by atoms with van der Waals surface area (Å²) < 4.78 is 35.4. The average molecular weight is 457 g/mol. The van der Waals surface area contributed by atoms with Gasteiger partial charge in [-0.15, -0.1) is 5.10 Å². The van der Waals surface area contributed by atoms with E-state index in [9.17, 15) is 8.78 Å². The van der Waals surface area contributed by atoms with Crippen molar-refractivity contribution >= 4 is 23.5 Å². The minimum atomic E-state index is -2.79. The molecule has 1 aromatic carbocycles. The number of rotatable bonds is 7. The molecule has 0 saturated carbocycles. The zero-order valence-electron chi connectivity index (χ0n) is 17.1. The first-order chi connectivity index (χ1) is 15.0. The Hall–Kier alpha value is -2.01. The molecule has 0 aliphatic carbocycles. The van der Waals surface area contributed by atoms with E-state index >= 15 is 0 Å². The summed E-state index contributed by atoms with van der Waals surface area (Å²) in [4.78, 5) is 8.72. The Balaban J connectivity index is 1.42. The predicted molar refractivity (Wildman–Crippen MR) is 113 cm³/mol. The smallest absolute Gasteiger partial charge is 0.345 e. The number of H-pyrrole nitrogens is 1. The van der Waals surface area contributed by atoms with Crippen molar-refractivity contribution in [3.8, 4) is 0 Å². The summed E-state index contributed by atoms with van der Waals surface area (Å²) in [5.41, 5.74) is 6.81. The van der Waals surface area contributed by atoms with Gasteiger partial charge in [-0.1, -0.05) is 23.7 Å². The van der Waals surface area contributed by atoms with Crippen LogP contribution in [0.2, 0.25) is 5.02 Å². The van der Waals surface area contributed by atoms with Gasteiger partial charge >= 0.3 is 6.61 Å². The monoisotopic (exact) mass is 456 g/mol.